The third-order valence-corrected chi connectivity index (χ3v) is 6.11. The molecule has 1 heterocycles. The van der Waals surface area contributed by atoms with E-state index in [1.54, 1.807) is 54.6 Å². The number of amides is 1. The van der Waals surface area contributed by atoms with Gasteiger partial charge in [-0.2, -0.15) is 0 Å². The molecule has 3 aromatic carbocycles. The fourth-order valence-electron chi connectivity index (χ4n) is 4.62. The highest BCUT2D eigenvalue weighted by Crippen LogP contribution is 2.44. The summed E-state index contributed by atoms with van der Waals surface area (Å²) < 4.78 is 16.0. The van der Waals surface area contributed by atoms with Crippen LogP contribution in [0.15, 0.2) is 66.2 Å². The molecule has 3 aromatic rings. The van der Waals surface area contributed by atoms with Gasteiger partial charge in [0.2, 0.25) is 0 Å². The van der Waals surface area contributed by atoms with E-state index in [0.717, 1.165) is 11.1 Å². The van der Waals surface area contributed by atoms with Gasteiger partial charge in [0, 0.05) is 12.6 Å². The van der Waals surface area contributed by atoms with Crippen LogP contribution in [0.3, 0.4) is 0 Å². The van der Waals surface area contributed by atoms with E-state index < -0.39 is 23.7 Å². The fourth-order valence-corrected chi connectivity index (χ4v) is 4.62. The first kappa shape index (κ1) is 25.5. The van der Waals surface area contributed by atoms with E-state index in [1.165, 1.54) is 26.0 Å². The predicted octanol–water partition coefficient (Wildman–Crippen LogP) is 4.87. The number of esters is 1. The number of ketones is 1. The van der Waals surface area contributed by atoms with Gasteiger partial charge in [0.15, 0.2) is 0 Å². The minimum Gasteiger partial charge on any atom is -0.507 e. The molecule has 1 aliphatic rings. The van der Waals surface area contributed by atoms with Crippen LogP contribution >= 0.6 is 0 Å². The number of methoxy groups -OCH3 is 2. The number of Topliss-reactive ketones (excluding diaryl/α,β-unsaturated/α-hetero) is 1. The van der Waals surface area contributed by atoms with Crippen LogP contribution in [0.5, 0.6) is 17.2 Å². The third-order valence-electron chi connectivity index (χ3n) is 6.11. The quantitative estimate of drug-likeness (QED) is 0.169. The summed E-state index contributed by atoms with van der Waals surface area (Å²) in [6.45, 7) is 4.97. The van der Waals surface area contributed by atoms with Crippen molar-refractivity contribution in [1.29, 1.82) is 0 Å². The molecule has 4 rings (SSSR count). The second kappa shape index (κ2) is 10.2. The molecule has 1 unspecified atom stereocenters. The molecule has 190 valence electrons. The Morgan fingerprint density at radius 3 is 2.24 bits per heavy atom. The number of hydrogen-bond donors (Lipinski definition) is 1. The second-order valence-corrected chi connectivity index (χ2v) is 8.70. The predicted molar refractivity (Wildman–Crippen MR) is 138 cm³/mol. The first-order valence-corrected chi connectivity index (χ1v) is 11.5. The summed E-state index contributed by atoms with van der Waals surface area (Å²) in [4.78, 5) is 39.8. The van der Waals surface area contributed by atoms with Gasteiger partial charge in [-0.05, 0) is 73.0 Å². The van der Waals surface area contributed by atoms with Crippen molar-refractivity contribution in [3.63, 3.8) is 0 Å². The first-order valence-electron chi connectivity index (χ1n) is 11.5. The van der Waals surface area contributed by atoms with Crippen molar-refractivity contribution < 1.29 is 33.7 Å². The van der Waals surface area contributed by atoms with E-state index in [9.17, 15) is 19.5 Å². The van der Waals surface area contributed by atoms with E-state index in [1.807, 2.05) is 19.9 Å². The number of carbonyl (C=O) groups is 3. The molecule has 0 saturated carbocycles. The molecule has 1 N–H and O–H groups in total. The van der Waals surface area contributed by atoms with Crippen molar-refractivity contribution in [3.05, 3.63) is 88.5 Å². The zero-order valence-electron chi connectivity index (χ0n) is 21.2. The van der Waals surface area contributed by atoms with Gasteiger partial charge in [-0.25, -0.2) is 0 Å². The largest absolute Gasteiger partial charge is 0.507 e. The Hall–Kier alpha value is -4.59. The van der Waals surface area contributed by atoms with Crippen molar-refractivity contribution in [1.82, 2.24) is 0 Å². The summed E-state index contributed by atoms with van der Waals surface area (Å²) in [5, 5.41) is 11.6. The van der Waals surface area contributed by atoms with Crippen LogP contribution < -0.4 is 19.1 Å². The van der Waals surface area contributed by atoms with E-state index in [2.05, 4.69) is 0 Å². The minimum atomic E-state index is -1.01. The molecule has 37 heavy (non-hydrogen) atoms. The lowest BCUT2D eigenvalue weighted by Gasteiger charge is -2.26. The van der Waals surface area contributed by atoms with Crippen molar-refractivity contribution in [2.75, 3.05) is 19.1 Å². The molecule has 1 atom stereocenters. The van der Waals surface area contributed by atoms with Crippen LogP contribution in [-0.4, -0.2) is 37.0 Å². The summed E-state index contributed by atoms with van der Waals surface area (Å²) in [5.41, 5.74) is 2.70. The number of rotatable bonds is 6. The van der Waals surface area contributed by atoms with Crippen molar-refractivity contribution in [3.8, 4) is 17.2 Å². The van der Waals surface area contributed by atoms with Crippen LogP contribution in [0.25, 0.3) is 5.76 Å². The summed E-state index contributed by atoms with van der Waals surface area (Å²) in [6.07, 6.45) is 0. The number of aliphatic hydroxyl groups excluding tert-OH is 1. The summed E-state index contributed by atoms with van der Waals surface area (Å²) in [7, 11) is 3.00. The SMILES string of the molecule is COc1ccc(N2C(=O)C(=O)/C(=C(/O)c3cc(C)cc(C)c3OC)C2c2cccc(OC(C)=O)c2)cc1. The maximum absolute atomic E-state index is 13.5. The molecular weight excluding hydrogens is 474 g/mol. The lowest BCUT2D eigenvalue weighted by molar-refractivity contribution is -0.132. The molecule has 0 aliphatic carbocycles. The van der Waals surface area contributed by atoms with Gasteiger partial charge >= 0.3 is 5.97 Å². The van der Waals surface area contributed by atoms with Crippen molar-refractivity contribution >= 4 is 29.1 Å². The molecule has 0 radical (unpaired) electrons. The van der Waals surface area contributed by atoms with Gasteiger partial charge in [-0.3, -0.25) is 19.3 Å². The number of aryl methyl sites for hydroxylation is 2. The number of benzene rings is 3. The topological polar surface area (TPSA) is 102 Å². The molecule has 1 saturated heterocycles. The molecule has 0 bridgehead atoms. The van der Waals surface area contributed by atoms with E-state index in [4.69, 9.17) is 14.2 Å². The third kappa shape index (κ3) is 4.78. The molecule has 1 amide bonds. The standard InChI is InChI=1S/C29H27NO7/c1-16-13-17(2)28(36-5)23(14-16)26(32)24-25(19-7-6-8-22(15-19)37-18(3)31)30(29(34)27(24)33)20-9-11-21(35-4)12-10-20/h6-15,25,32H,1-5H3/b26-24+. The molecule has 8 nitrogen and oxygen atoms in total. The van der Waals surface area contributed by atoms with E-state index in [-0.39, 0.29) is 17.1 Å². The Bertz CT molecular complexity index is 1420. The van der Waals surface area contributed by atoms with Crippen LogP contribution in [-0.2, 0) is 14.4 Å². The molecule has 0 aromatic heterocycles. The highest BCUT2D eigenvalue weighted by atomic mass is 16.5. The number of hydrogen-bond acceptors (Lipinski definition) is 7. The molecule has 1 fully saturated rings. The van der Waals surface area contributed by atoms with Gasteiger partial charge in [-0.1, -0.05) is 18.2 Å². The molecule has 8 heteroatoms. The number of aliphatic hydroxyl groups is 1. The van der Waals surface area contributed by atoms with Crippen molar-refractivity contribution in [2.45, 2.75) is 26.8 Å². The van der Waals surface area contributed by atoms with Crippen LogP contribution in [0.1, 0.15) is 35.2 Å². The van der Waals surface area contributed by atoms with Crippen molar-refractivity contribution in [2.24, 2.45) is 0 Å². The van der Waals surface area contributed by atoms with Crippen LogP contribution in [0.2, 0.25) is 0 Å². The number of anilines is 1. The zero-order chi connectivity index (χ0) is 26.9. The minimum absolute atomic E-state index is 0.107. The first-order chi connectivity index (χ1) is 17.7. The normalized spacial score (nSPS) is 16.6. The second-order valence-electron chi connectivity index (χ2n) is 8.70. The summed E-state index contributed by atoms with van der Waals surface area (Å²) in [6, 6.07) is 15.8. The average Bonchev–Trinajstić information content (AvgIpc) is 3.13. The van der Waals surface area contributed by atoms with Gasteiger partial charge in [-0.15, -0.1) is 0 Å². The summed E-state index contributed by atoms with van der Waals surface area (Å²) in [5.74, 6) is -1.31. The lowest BCUT2D eigenvalue weighted by atomic mass is 9.93. The maximum Gasteiger partial charge on any atom is 0.308 e. The van der Waals surface area contributed by atoms with Gasteiger partial charge in [0.05, 0.1) is 31.4 Å². The molecule has 1 aliphatic heterocycles. The Labute approximate surface area is 214 Å². The smallest absolute Gasteiger partial charge is 0.308 e. The number of ether oxygens (including phenoxy) is 3. The van der Waals surface area contributed by atoms with Crippen LogP contribution in [0, 0.1) is 13.8 Å². The molecule has 0 spiro atoms. The van der Waals surface area contributed by atoms with Crippen LogP contribution in [0.4, 0.5) is 5.69 Å². The van der Waals surface area contributed by atoms with Gasteiger partial charge in [0.1, 0.15) is 23.0 Å². The average molecular weight is 502 g/mol. The number of carbonyl (C=O) groups excluding carboxylic acids is 3. The fraction of sp³-hybridized carbons (Fsp3) is 0.207. The Balaban J connectivity index is 1.99. The maximum atomic E-state index is 13.5. The highest BCUT2D eigenvalue weighted by Gasteiger charge is 2.47. The summed E-state index contributed by atoms with van der Waals surface area (Å²) >= 11 is 0. The lowest BCUT2D eigenvalue weighted by Crippen LogP contribution is -2.29. The molecular formula is C29H27NO7. The zero-order valence-corrected chi connectivity index (χ0v) is 21.2. The Morgan fingerprint density at radius 1 is 0.919 bits per heavy atom. The Kier molecular flexibility index (Phi) is 7.02. The van der Waals surface area contributed by atoms with E-state index in [0.29, 0.717) is 28.3 Å². The highest BCUT2D eigenvalue weighted by molar-refractivity contribution is 6.51. The monoisotopic (exact) mass is 501 g/mol. The van der Waals surface area contributed by atoms with E-state index >= 15 is 0 Å². The number of nitrogens with zero attached hydrogens (tertiary/aromatic N) is 1. The Morgan fingerprint density at radius 2 is 1.62 bits per heavy atom. The van der Waals surface area contributed by atoms with Gasteiger partial charge < -0.3 is 19.3 Å². The van der Waals surface area contributed by atoms with Gasteiger partial charge in [0.25, 0.3) is 11.7 Å².